The van der Waals surface area contributed by atoms with E-state index in [0.29, 0.717) is 16.7 Å². The first-order valence-corrected chi connectivity index (χ1v) is 5.72. The molecule has 16 heavy (non-hydrogen) atoms. The predicted molar refractivity (Wildman–Crippen MR) is 65.2 cm³/mol. The van der Waals surface area contributed by atoms with Crippen LogP contribution in [-0.2, 0) is 4.74 Å². The van der Waals surface area contributed by atoms with Gasteiger partial charge in [-0.05, 0) is 23.8 Å². The Bertz CT molecular complexity index is 420. The SMILES string of the molecule is NNC(C1=CCCO1)c1ccc(Cl)cc1Cl. The minimum atomic E-state index is -0.215. The van der Waals surface area contributed by atoms with Gasteiger partial charge in [-0.1, -0.05) is 29.3 Å². The van der Waals surface area contributed by atoms with E-state index in [1.54, 1.807) is 12.1 Å². The second-order valence-electron chi connectivity index (χ2n) is 3.51. The number of hydrazine groups is 1. The molecule has 0 saturated heterocycles. The van der Waals surface area contributed by atoms with Crippen LogP contribution in [0.3, 0.4) is 0 Å². The third-order valence-electron chi connectivity index (χ3n) is 2.46. The second kappa shape index (κ2) is 5.06. The van der Waals surface area contributed by atoms with Gasteiger partial charge >= 0.3 is 0 Å². The van der Waals surface area contributed by atoms with E-state index in [1.807, 2.05) is 12.1 Å². The summed E-state index contributed by atoms with van der Waals surface area (Å²) in [6.07, 6.45) is 2.91. The van der Waals surface area contributed by atoms with Gasteiger partial charge in [-0.2, -0.15) is 0 Å². The summed E-state index contributed by atoms with van der Waals surface area (Å²) in [5.74, 6) is 6.34. The molecule has 0 aromatic heterocycles. The third-order valence-corrected chi connectivity index (χ3v) is 3.02. The normalized spacial score (nSPS) is 16.8. The third kappa shape index (κ3) is 2.33. The van der Waals surface area contributed by atoms with Crippen LogP contribution in [0.5, 0.6) is 0 Å². The van der Waals surface area contributed by atoms with Crippen LogP contribution in [0.2, 0.25) is 10.0 Å². The van der Waals surface area contributed by atoms with Crippen LogP contribution in [0.4, 0.5) is 0 Å². The quantitative estimate of drug-likeness (QED) is 0.648. The molecule has 1 aromatic carbocycles. The Morgan fingerprint density at radius 2 is 2.19 bits per heavy atom. The minimum Gasteiger partial charge on any atom is -0.496 e. The summed E-state index contributed by atoms with van der Waals surface area (Å²) >= 11 is 12.0. The Hall–Kier alpha value is -0.740. The van der Waals surface area contributed by atoms with Gasteiger partial charge < -0.3 is 4.74 Å². The van der Waals surface area contributed by atoms with Crippen molar-refractivity contribution in [3.8, 4) is 0 Å². The molecule has 0 amide bonds. The van der Waals surface area contributed by atoms with Gasteiger partial charge in [-0.25, -0.2) is 5.43 Å². The summed E-state index contributed by atoms with van der Waals surface area (Å²) < 4.78 is 5.47. The van der Waals surface area contributed by atoms with E-state index in [0.717, 1.165) is 17.7 Å². The lowest BCUT2D eigenvalue weighted by molar-refractivity contribution is 0.216. The van der Waals surface area contributed by atoms with Gasteiger partial charge in [0.15, 0.2) is 0 Å². The largest absolute Gasteiger partial charge is 0.496 e. The number of hydrogen-bond acceptors (Lipinski definition) is 3. The molecule has 86 valence electrons. The topological polar surface area (TPSA) is 47.3 Å². The van der Waals surface area contributed by atoms with Gasteiger partial charge in [0, 0.05) is 16.5 Å². The zero-order valence-electron chi connectivity index (χ0n) is 8.54. The molecule has 5 heteroatoms. The number of halogens is 2. The smallest absolute Gasteiger partial charge is 0.115 e. The van der Waals surface area contributed by atoms with Crippen molar-refractivity contribution in [3.05, 3.63) is 45.6 Å². The average Bonchev–Trinajstić information content (AvgIpc) is 2.75. The van der Waals surface area contributed by atoms with Crippen LogP contribution in [-0.4, -0.2) is 6.61 Å². The summed E-state index contributed by atoms with van der Waals surface area (Å²) in [7, 11) is 0. The Kier molecular flexibility index (Phi) is 3.71. The highest BCUT2D eigenvalue weighted by atomic mass is 35.5. The second-order valence-corrected chi connectivity index (χ2v) is 4.35. The molecule has 1 unspecified atom stereocenters. The first-order valence-electron chi connectivity index (χ1n) is 4.96. The molecular weight excluding hydrogens is 247 g/mol. The molecule has 1 aromatic rings. The molecule has 1 heterocycles. The number of ether oxygens (including phenoxy) is 1. The summed E-state index contributed by atoms with van der Waals surface area (Å²) in [5.41, 5.74) is 3.56. The average molecular weight is 259 g/mol. The van der Waals surface area contributed by atoms with E-state index in [2.05, 4.69) is 5.43 Å². The molecule has 3 N–H and O–H groups in total. The van der Waals surface area contributed by atoms with E-state index in [9.17, 15) is 0 Å². The molecule has 0 saturated carbocycles. The van der Waals surface area contributed by atoms with Crippen molar-refractivity contribution in [1.82, 2.24) is 5.43 Å². The van der Waals surface area contributed by atoms with Crippen molar-refractivity contribution in [2.75, 3.05) is 6.61 Å². The fraction of sp³-hybridized carbons (Fsp3) is 0.273. The van der Waals surface area contributed by atoms with Gasteiger partial charge in [0.2, 0.25) is 0 Å². The molecule has 0 spiro atoms. The number of nitrogens with two attached hydrogens (primary N) is 1. The van der Waals surface area contributed by atoms with Crippen LogP contribution >= 0.6 is 23.2 Å². The Morgan fingerprint density at radius 3 is 2.75 bits per heavy atom. The number of rotatable bonds is 3. The molecule has 0 radical (unpaired) electrons. The lowest BCUT2D eigenvalue weighted by atomic mass is 10.1. The summed E-state index contributed by atoms with van der Waals surface area (Å²) in [5, 5.41) is 1.18. The maximum absolute atomic E-state index is 6.12. The standard InChI is InChI=1S/C11H12Cl2N2O/c12-7-3-4-8(9(13)6-7)11(15-14)10-2-1-5-16-10/h2-4,6,11,15H,1,5,14H2. The molecule has 0 bridgehead atoms. The van der Waals surface area contributed by atoms with E-state index >= 15 is 0 Å². The minimum absolute atomic E-state index is 0.215. The highest BCUT2D eigenvalue weighted by Crippen LogP contribution is 2.32. The first kappa shape index (κ1) is 11.7. The van der Waals surface area contributed by atoms with Gasteiger partial charge in [-0.15, -0.1) is 0 Å². The van der Waals surface area contributed by atoms with Crippen LogP contribution in [0.1, 0.15) is 18.0 Å². The molecule has 1 aliphatic heterocycles. The fourth-order valence-corrected chi connectivity index (χ4v) is 2.22. The van der Waals surface area contributed by atoms with E-state index < -0.39 is 0 Å². The van der Waals surface area contributed by atoms with E-state index in [-0.39, 0.29) is 6.04 Å². The van der Waals surface area contributed by atoms with Crippen molar-refractivity contribution >= 4 is 23.2 Å². The fourth-order valence-electron chi connectivity index (χ4n) is 1.70. The first-order chi connectivity index (χ1) is 7.72. The van der Waals surface area contributed by atoms with Crippen LogP contribution in [0, 0.1) is 0 Å². The predicted octanol–water partition coefficient (Wildman–Crippen LogP) is 2.80. The van der Waals surface area contributed by atoms with Crippen molar-refractivity contribution in [2.24, 2.45) is 5.84 Å². The Morgan fingerprint density at radius 1 is 1.38 bits per heavy atom. The van der Waals surface area contributed by atoms with Crippen molar-refractivity contribution in [3.63, 3.8) is 0 Å². The summed E-state index contributed by atoms with van der Waals surface area (Å²) in [4.78, 5) is 0. The molecule has 2 rings (SSSR count). The number of hydrogen-bond donors (Lipinski definition) is 2. The van der Waals surface area contributed by atoms with E-state index in [1.165, 1.54) is 0 Å². The van der Waals surface area contributed by atoms with Crippen LogP contribution < -0.4 is 11.3 Å². The Labute approximate surface area is 104 Å². The molecule has 0 aliphatic carbocycles. The van der Waals surface area contributed by atoms with Crippen molar-refractivity contribution < 1.29 is 4.74 Å². The van der Waals surface area contributed by atoms with Gasteiger partial charge in [-0.3, -0.25) is 5.84 Å². The zero-order chi connectivity index (χ0) is 11.5. The van der Waals surface area contributed by atoms with E-state index in [4.69, 9.17) is 33.8 Å². The van der Waals surface area contributed by atoms with Crippen LogP contribution in [0.25, 0.3) is 0 Å². The number of nitrogens with one attached hydrogen (secondary N) is 1. The van der Waals surface area contributed by atoms with Crippen molar-refractivity contribution in [1.29, 1.82) is 0 Å². The molecule has 3 nitrogen and oxygen atoms in total. The van der Waals surface area contributed by atoms with Gasteiger partial charge in [0.1, 0.15) is 11.8 Å². The monoisotopic (exact) mass is 258 g/mol. The molecular formula is C11H12Cl2N2O. The van der Waals surface area contributed by atoms with Crippen molar-refractivity contribution in [2.45, 2.75) is 12.5 Å². The molecule has 1 atom stereocenters. The maximum Gasteiger partial charge on any atom is 0.115 e. The zero-order valence-corrected chi connectivity index (χ0v) is 10.1. The van der Waals surface area contributed by atoms with Gasteiger partial charge in [0.25, 0.3) is 0 Å². The number of benzene rings is 1. The highest BCUT2D eigenvalue weighted by molar-refractivity contribution is 6.35. The molecule has 1 aliphatic rings. The van der Waals surface area contributed by atoms with Crippen LogP contribution in [0.15, 0.2) is 30.0 Å². The highest BCUT2D eigenvalue weighted by Gasteiger charge is 2.21. The Balaban J connectivity index is 2.32. The molecule has 0 fully saturated rings. The summed E-state index contributed by atoms with van der Waals surface area (Å²) in [6, 6.07) is 5.10. The summed E-state index contributed by atoms with van der Waals surface area (Å²) in [6.45, 7) is 0.693. The van der Waals surface area contributed by atoms with Gasteiger partial charge in [0.05, 0.1) is 6.61 Å². The maximum atomic E-state index is 6.12. The lowest BCUT2D eigenvalue weighted by Gasteiger charge is -2.18. The lowest BCUT2D eigenvalue weighted by Crippen LogP contribution is -2.29.